The van der Waals surface area contributed by atoms with E-state index in [9.17, 15) is 9.59 Å². The van der Waals surface area contributed by atoms with Gasteiger partial charge in [-0.3, -0.25) is 9.59 Å². The molecule has 0 aromatic heterocycles. The number of ketones is 1. The third-order valence-corrected chi connectivity index (χ3v) is 6.57. The molecule has 4 aliphatic carbocycles. The Morgan fingerprint density at radius 2 is 1.58 bits per heavy atom. The van der Waals surface area contributed by atoms with Gasteiger partial charge in [0.05, 0.1) is 6.61 Å². The molecule has 3 nitrogen and oxygen atoms in total. The Morgan fingerprint density at radius 3 is 2.12 bits per heavy atom. The maximum absolute atomic E-state index is 13.2. The molecule has 4 bridgehead atoms. The summed E-state index contributed by atoms with van der Waals surface area (Å²) in [5.41, 5.74) is 0.643. The molecular formula is C21H26O3. The molecule has 3 heteroatoms. The van der Waals surface area contributed by atoms with E-state index in [1.807, 2.05) is 37.3 Å². The largest absolute Gasteiger partial charge is 0.465 e. The molecule has 0 saturated heterocycles. The third kappa shape index (κ3) is 2.68. The van der Waals surface area contributed by atoms with Crippen molar-refractivity contribution < 1.29 is 14.3 Å². The van der Waals surface area contributed by atoms with Crippen LogP contribution in [0.2, 0.25) is 0 Å². The number of esters is 1. The predicted octanol–water partition coefficient (Wildman–Crippen LogP) is 4.12. The van der Waals surface area contributed by atoms with Crippen molar-refractivity contribution in [3.63, 3.8) is 0 Å². The van der Waals surface area contributed by atoms with Crippen molar-refractivity contribution in [2.75, 3.05) is 6.61 Å². The summed E-state index contributed by atoms with van der Waals surface area (Å²) in [6.07, 6.45) is 6.19. The van der Waals surface area contributed by atoms with Crippen molar-refractivity contribution >= 4 is 11.8 Å². The minimum atomic E-state index is -0.609. The standard InChI is InChI=1S/C21H26O3/c1-2-24-21(23)19(20(22)15-6-4-3-5-7-15)18-16-9-13-8-14(11-16)12-17(18)10-13/h3-7,13-14,16-19H,2,8-12H2,1H3. The number of hydrogen-bond donors (Lipinski definition) is 0. The summed E-state index contributed by atoms with van der Waals surface area (Å²) in [7, 11) is 0. The van der Waals surface area contributed by atoms with Gasteiger partial charge in [-0.25, -0.2) is 0 Å². The molecule has 4 fully saturated rings. The first kappa shape index (κ1) is 15.9. The van der Waals surface area contributed by atoms with Crippen molar-refractivity contribution in [3.05, 3.63) is 35.9 Å². The van der Waals surface area contributed by atoms with E-state index in [2.05, 4.69) is 0 Å². The molecule has 4 aliphatic rings. The molecule has 5 rings (SSSR count). The molecule has 0 heterocycles. The Balaban J connectivity index is 1.66. The molecule has 1 aromatic carbocycles. The number of carbonyl (C=O) groups is 2. The Kier molecular flexibility index (Phi) is 4.19. The lowest BCUT2D eigenvalue weighted by molar-refractivity contribution is -0.154. The van der Waals surface area contributed by atoms with Gasteiger partial charge in [0.25, 0.3) is 0 Å². The number of hydrogen-bond acceptors (Lipinski definition) is 3. The summed E-state index contributed by atoms with van der Waals surface area (Å²) in [5.74, 6) is 1.96. The number of rotatable bonds is 5. The normalized spacial score (nSPS) is 34.8. The van der Waals surface area contributed by atoms with E-state index in [1.165, 1.54) is 32.1 Å². The Morgan fingerprint density at radius 1 is 1.00 bits per heavy atom. The SMILES string of the molecule is CCOC(=O)C(C(=O)c1ccccc1)C1C2CC3CC(C2)CC1C3. The van der Waals surface area contributed by atoms with E-state index in [0.29, 0.717) is 24.0 Å². The summed E-state index contributed by atoms with van der Waals surface area (Å²) in [4.78, 5) is 25.9. The molecule has 0 spiro atoms. The van der Waals surface area contributed by atoms with Gasteiger partial charge in [-0.05, 0) is 68.6 Å². The van der Waals surface area contributed by atoms with Gasteiger partial charge in [0.1, 0.15) is 5.92 Å². The number of Topliss-reactive ketones (excluding diaryl/α,β-unsaturated/α-hetero) is 1. The van der Waals surface area contributed by atoms with E-state index < -0.39 is 5.92 Å². The van der Waals surface area contributed by atoms with E-state index in [0.717, 1.165) is 11.8 Å². The molecule has 0 aliphatic heterocycles. The van der Waals surface area contributed by atoms with Gasteiger partial charge < -0.3 is 4.74 Å². The highest BCUT2D eigenvalue weighted by Gasteiger charge is 2.54. The minimum absolute atomic E-state index is 0.0356. The van der Waals surface area contributed by atoms with Crippen LogP contribution in [0.4, 0.5) is 0 Å². The average Bonchev–Trinajstić information content (AvgIpc) is 2.58. The Labute approximate surface area is 143 Å². The van der Waals surface area contributed by atoms with Crippen LogP contribution in [-0.2, 0) is 9.53 Å². The number of carbonyl (C=O) groups excluding carboxylic acids is 2. The fourth-order valence-corrected chi connectivity index (χ4v) is 5.96. The van der Waals surface area contributed by atoms with Gasteiger partial charge in [0.2, 0.25) is 0 Å². The van der Waals surface area contributed by atoms with Crippen molar-refractivity contribution in [2.45, 2.75) is 39.0 Å². The zero-order valence-corrected chi connectivity index (χ0v) is 14.3. The highest BCUT2D eigenvalue weighted by molar-refractivity contribution is 6.09. The van der Waals surface area contributed by atoms with E-state index >= 15 is 0 Å². The first-order valence-corrected chi connectivity index (χ1v) is 9.43. The summed E-state index contributed by atoms with van der Waals surface area (Å²) in [5, 5.41) is 0. The molecule has 128 valence electrons. The second-order valence-corrected chi connectivity index (χ2v) is 7.97. The van der Waals surface area contributed by atoms with Crippen LogP contribution in [-0.4, -0.2) is 18.4 Å². The molecule has 1 unspecified atom stereocenters. The average molecular weight is 326 g/mol. The lowest BCUT2D eigenvalue weighted by Gasteiger charge is -2.55. The second-order valence-electron chi connectivity index (χ2n) is 7.97. The zero-order valence-electron chi connectivity index (χ0n) is 14.3. The molecule has 0 radical (unpaired) electrons. The van der Waals surface area contributed by atoms with E-state index in [-0.39, 0.29) is 17.7 Å². The van der Waals surface area contributed by atoms with Crippen molar-refractivity contribution in [2.24, 2.45) is 35.5 Å². The third-order valence-electron chi connectivity index (χ3n) is 6.57. The predicted molar refractivity (Wildman–Crippen MR) is 91.4 cm³/mol. The lowest BCUT2D eigenvalue weighted by atomic mass is 9.49. The van der Waals surface area contributed by atoms with Gasteiger partial charge in [-0.15, -0.1) is 0 Å². The van der Waals surface area contributed by atoms with Gasteiger partial charge in [-0.2, -0.15) is 0 Å². The first-order valence-electron chi connectivity index (χ1n) is 9.43. The molecule has 1 aromatic rings. The van der Waals surface area contributed by atoms with Gasteiger partial charge >= 0.3 is 5.97 Å². The summed E-state index contributed by atoms with van der Waals surface area (Å²) in [6, 6.07) is 9.28. The van der Waals surface area contributed by atoms with Crippen LogP contribution >= 0.6 is 0 Å². The summed E-state index contributed by atoms with van der Waals surface area (Å²) >= 11 is 0. The second kappa shape index (κ2) is 6.34. The van der Waals surface area contributed by atoms with E-state index in [4.69, 9.17) is 4.74 Å². The molecular weight excluding hydrogens is 300 g/mol. The zero-order chi connectivity index (χ0) is 16.7. The lowest BCUT2D eigenvalue weighted by Crippen LogP contribution is -2.51. The summed E-state index contributed by atoms with van der Waals surface area (Å²) < 4.78 is 5.34. The van der Waals surface area contributed by atoms with Gasteiger partial charge in [0, 0.05) is 5.56 Å². The van der Waals surface area contributed by atoms with Gasteiger partial charge in [-0.1, -0.05) is 30.3 Å². The van der Waals surface area contributed by atoms with Crippen LogP contribution in [0.1, 0.15) is 49.4 Å². The topological polar surface area (TPSA) is 43.4 Å². The number of ether oxygens (including phenoxy) is 1. The van der Waals surface area contributed by atoms with Crippen LogP contribution < -0.4 is 0 Å². The Bertz CT molecular complexity index is 593. The van der Waals surface area contributed by atoms with Crippen LogP contribution in [0, 0.1) is 35.5 Å². The highest BCUT2D eigenvalue weighted by atomic mass is 16.5. The molecule has 0 N–H and O–H groups in total. The quantitative estimate of drug-likeness (QED) is 0.464. The van der Waals surface area contributed by atoms with Crippen molar-refractivity contribution in [1.29, 1.82) is 0 Å². The van der Waals surface area contributed by atoms with Crippen molar-refractivity contribution in [3.8, 4) is 0 Å². The summed E-state index contributed by atoms with van der Waals surface area (Å²) in [6.45, 7) is 2.16. The number of benzene rings is 1. The van der Waals surface area contributed by atoms with Crippen LogP contribution in [0.3, 0.4) is 0 Å². The van der Waals surface area contributed by atoms with Gasteiger partial charge in [0.15, 0.2) is 5.78 Å². The fourth-order valence-electron chi connectivity index (χ4n) is 5.96. The maximum Gasteiger partial charge on any atom is 0.317 e. The van der Waals surface area contributed by atoms with Crippen LogP contribution in [0.25, 0.3) is 0 Å². The molecule has 1 atom stereocenters. The smallest absolute Gasteiger partial charge is 0.317 e. The molecule has 4 saturated carbocycles. The van der Waals surface area contributed by atoms with Crippen molar-refractivity contribution in [1.82, 2.24) is 0 Å². The van der Waals surface area contributed by atoms with Crippen LogP contribution in [0.5, 0.6) is 0 Å². The van der Waals surface area contributed by atoms with E-state index in [1.54, 1.807) is 0 Å². The fraction of sp³-hybridized carbons (Fsp3) is 0.619. The molecule has 0 amide bonds. The highest BCUT2D eigenvalue weighted by Crippen LogP contribution is 2.58. The van der Waals surface area contributed by atoms with Crippen LogP contribution in [0.15, 0.2) is 30.3 Å². The Hall–Kier alpha value is -1.64. The minimum Gasteiger partial charge on any atom is -0.465 e. The monoisotopic (exact) mass is 326 g/mol. The maximum atomic E-state index is 13.2. The first-order chi connectivity index (χ1) is 11.7. The molecule has 24 heavy (non-hydrogen) atoms.